The Balaban J connectivity index is 1.35. The molecule has 4 aromatic rings. The van der Waals surface area contributed by atoms with Crippen LogP contribution >= 0.6 is 11.8 Å². The van der Waals surface area contributed by atoms with Crippen LogP contribution in [0, 0.1) is 11.8 Å². The van der Waals surface area contributed by atoms with Crippen LogP contribution in [0.1, 0.15) is 38.8 Å². The van der Waals surface area contributed by atoms with E-state index in [1.165, 1.54) is 11.8 Å². The minimum Gasteiger partial charge on any atom is -0.497 e. The topological polar surface area (TPSA) is 114 Å². The number of carbonyl (C=O) groups excluding carboxylic acids is 3. The maximum absolute atomic E-state index is 13.7. The van der Waals surface area contributed by atoms with Crippen LogP contribution in [0.2, 0.25) is 0 Å². The highest BCUT2D eigenvalue weighted by Gasteiger charge is 2.43. The summed E-state index contributed by atoms with van der Waals surface area (Å²) in [4.78, 5) is 40.1. The molecule has 2 atom stereocenters. The first-order valence-electron chi connectivity index (χ1n) is 13.2. The van der Waals surface area contributed by atoms with Crippen LogP contribution in [0.3, 0.4) is 0 Å². The molecule has 0 bridgehead atoms. The number of hydrogen-bond acceptors (Lipinski definition) is 6. The van der Waals surface area contributed by atoms with E-state index in [-0.39, 0.29) is 18.2 Å². The third-order valence-corrected chi connectivity index (χ3v) is 8.01. The first kappa shape index (κ1) is 28.3. The molecule has 1 saturated heterocycles. The lowest BCUT2D eigenvalue weighted by Gasteiger charge is -2.24. The summed E-state index contributed by atoms with van der Waals surface area (Å²) in [5, 5.41) is -1.08. The van der Waals surface area contributed by atoms with E-state index in [1.807, 2.05) is 54.6 Å². The van der Waals surface area contributed by atoms with Gasteiger partial charge in [0, 0.05) is 28.8 Å². The van der Waals surface area contributed by atoms with Crippen LogP contribution in [-0.2, 0) is 9.59 Å². The summed E-state index contributed by atoms with van der Waals surface area (Å²) in [5.74, 6) is 5.84. The number of primary amides is 1. The fourth-order valence-corrected chi connectivity index (χ4v) is 5.86. The molecule has 1 fully saturated rings. The van der Waals surface area contributed by atoms with Gasteiger partial charge in [-0.15, -0.1) is 11.8 Å². The second kappa shape index (κ2) is 13.0. The molecule has 0 aromatic heterocycles. The number of amides is 3. The summed E-state index contributed by atoms with van der Waals surface area (Å²) < 4.78 is 5.15. The number of anilines is 2. The highest BCUT2D eigenvalue weighted by molar-refractivity contribution is 8.01. The molecule has 4 N–H and O–H groups in total. The van der Waals surface area contributed by atoms with Crippen molar-refractivity contribution in [3.8, 4) is 17.6 Å². The summed E-state index contributed by atoms with van der Waals surface area (Å²) in [6.45, 7) is 0. The molecule has 5 rings (SSSR count). The number of thioether (sulfide) groups is 1. The SMILES string of the molecule is COc1ccc(NNC(=O)C[C@H]2S[C@@H](c3ccc(C#Cc4ccccc4)cc3)N(c3cccc(C(N)=O)c3)C2=O)cc1. The number of rotatable bonds is 8. The Morgan fingerprint density at radius 2 is 1.60 bits per heavy atom. The lowest BCUT2D eigenvalue weighted by Crippen LogP contribution is -2.36. The maximum Gasteiger partial charge on any atom is 0.248 e. The fourth-order valence-electron chi connectivity index (χ4n) is 4.41. The Kier molecular flexibility index (Phi) is 8.75. The fraction of sp³-hybridized carbons (Fsp3) is 0.121. The van der Waals surface area contributed by atoms with Gasteiger partial charge in [-0.2, -0.15) is 0 Å². The van der Waals surface area contributed by atoms with Gasteiger partial charge in [0.05, 0.1) is 18.0 Å². The normalized spacial score (nSPS) is 15.8. The molecule has 42 heavy (non-hydrogen) atoms. The minimum absolute atomic E-state index is 0.0458. The quantitative estimate of drug-likeness (QED) is 0.204. The molecule has 210 valence electrons. The zero-order valence-corrected chi connectivity index (χ0v) is 23.6. The number of nitrogens with two attached hydrogens (primary N) is 1. The first-order chi connectivity index (χ1) is 20.4. The van der Waals surface area contributed by atoms with E-state index in [0.29, 0.717) is 22.7 Å². The highest BCUT2D eigenvalue weighted by atomic mass is 32.2. The number of nitrogens with zero attached hydrogens (tertiary/aromatic N) is 1. The van der Waals surface area contributed by atoms with Gasteiger partial charge in [-0.1, -0.05) is 48.2 Å². The van der Waals surface area contributed by atoms with Crippen molar-refractivity contribution in [1.82, 2.24) is 5.43 Å². The van der Waals surface area contributed by atoms with Crippen molar-refractivity contribution in [3.05, 3.63) is 125 Å². The van der Waals surface area contributed by atoms with E-state index in [1.54, 1.807) is 60.5 Å². The van der Waals surface area contributed by atoms with Crippen LogP contribution in [0.4, 0.5) is 11.4 Å². The third-order valence-electron chi connectivity index (χ3n) is 6.58. The van der Waals surface area contributed by atoms with Crippen LogP contribution in [0.5, 0.6) is 5.75 Å². The van der Waals surface area contributed by atoms with E-state index in [9.17, 15) is 14.4 Å². The zero-order valence-electron chi connectivity index (χ0n) is 22.7. The first-order valence-corrected chi connectivity index (χ1v) is 14.1. The Morgan fingerprint density at radius 1 is 0.905 bits per heavy atom. The zero-order chi connectivity index (χ0) is 29.5. The summed E-state index contributed by atoms with van der Waals surface area (Å²) >= 11 is 1.38. The average Bonchev–Trinajstić information content (AvgIpc) is 3.35. The summed E-state index contributed by atoms with van der Waals surface area (Å²) in [6, 6.07) is 31.1. The Labute approximate surface area is 248 Å². The number of carbonyl (C=O) groups is 3. The smallest absolute Gasteiger partial charge is 0.248 e. The van der Waals surface area contributed by atoms with E-state index in [4.69, 9.17) is 10.5 Å². The molecule has 0 spiro atoms. The van der Waals surface area contributed by atoms with E-state index < -0.39 is 16.5 Å². The van der Waals surface area contributed by atoms with E-state index in [0.717, 1.165) is 16.7 Å². The van der Waals surface area contributed by atoms with Gasteiger partial charge in [0.15, 0.2) is 0 Å². The number of nitrogens with one attached hydrogen (secondary N) is 2. The van der Waals surface area contributed by atoms with Gasteiger partial charge in [-0.3, -0.25) is 30.1 Å². The Morgan fingerprint density at radius 3 is 2.26 bits per heavy atom. The van der Waals surface area contributed by atoms with Crippen molar-refractivity contribution in [1.29, 1.82) is 0 Å². The van der Waals surface area contributed by atoms with Crippen molar-refractivity contribution >= 4 is 40.9 Å². The lowest BCUT2D eigenvalue weighted by molar-refractivity contribution is -0.124. The van der Waals surface area contributed by atoms with Gasteiger partial charge in [0.25, 0.3) is 0 Å². The van der Waals surface area contributed by atoms with E-state index >= 15 is 0 Å². The largest absolute Gasteiger partial charge is 0.497 e. The number of benzene rings is 4. The van der Waals surface area contributed by atoms with Crippen molar-refractivity contribution in [2.45, 2.75) is 17.0 Å². The number of ether oxygens (including phenoxy) is 1. The molecule has 0 unspecified atom stereocenters. The highest BCUT2D eigenvalue weighted by Crippen LogP contribution is 2.46. The molecule has 1 heterocycles. The van der Waals surface area contributed by atoms with Crippen LogP contribution in [0.25, 0.3) is 0 Å². The molecular weight excluding hydrogens is 548 g/mol. The Hall–Kier alpha value is -5.20. The molecule has 9 heteroatoms. The monoisotopic (exact) mass is 576 g/mol. The molecule has 0 radical (unpaired) electrons. The van der Waals surface area contributed by atoms with Gasteiger partial charge in [-0.05, 0) is 72.3 Å². The summed E-state index contributed by atoms with van der Waals surface area (Å²) in [7, 11) is 1.58. The summed E-state index contributed by atoms with van der Waals surface area (Å²) in [5.41, 5.74) is 15.2. The van der Waals surface area contributed by atoms with Crippen LogP contribution in [-0.4, -0.2) is 30.1 Å². The molecule has 1 aliphatic rings. The van der Waals surface area contributed by atoms with Crippen molar-refractivity contribution < 1.29 is 19.1 Å². The predicted octanol–water partition coefficient (Wildman–Crippen LogP) is 4.87. The van der Waals surface area contributed by atoms with Crippen LogP contribution in [0.15, 0.2) is 103 Å². The number of hydrogen-bond donors (Lipinski definition) is 3. The molecule has 0 saturated carbocycles. The van der Waals surface area contributed by atoms with Gasteiger partial charge < -0.3 is 10.5 Å². The van der Waals surface area contributed by atoms with Crippen molar-refractivity contribution in [3.63, 3.8) is 0 Å². The predicted molar refractivity (Wildman–Crippen MR) is 165 cm³/mol. The van der Waals surface area contributed by atoms with Gasteiger partial charge in [0.2, 0.25) is 17.7 Å². The molecule has 8 nitrogen and oxygen atoms in total. The summed E-state index contributed by atoms with van der Waals surface area (Å²) in [6.07, 6.45) is -0.0458. The van der Waals surface area contributed by atoms with Crippen LogP contribution < -0.4 is 26.2 Å². The van der Waals surface area contributed by atoms with Crippen molar-refractivity contribution in [2.75, 3.05) is 17.4 Å². The lowest BCUT2D eigenvalue weighted by atomic mass is 10.1. The van der Waals surface area contributed by atoms with E-state index in [2.05, 4.69) is 22.7 Å². The second-order valence-electron chi connectivity index (χ2n) is 9.44. The molecule has 0 aliphatic carbocycles. The number of hydrazine groups is 1. The molecule has 1 aliphatic heterocycles. The second-order valence-corrected chi connectivity index (χ2v) is 10.7. The number of methoxy groups -OCH3 is 1. The van der Waals surface area contributed by atoms with Gasteiger partial charge in [0.1, 0.15) is 11.1 Å². The molecular formula is C33H28N4O4S. The molecule has 4 aromatic carbocycles. The maximum atomic E-state index is 13.7. The van der Waals surface area contributed by atoms with Gasteiger partial charge >= 0.3 is 0 Å². The van der Waals surface area contributed by atoms with Crippen molar-refractivity contribution in [2.24, 2.45) is 5.73 Å². The standard InChI is InChI=1S/C33H28N4O4S/c1-41-28-18-16-26(17-19-28)35-36-30(38)21-29-32(40)37(27-9-5-8-25(20-27)31(34)39)33(42-29)24-14-12-23(13-15-24)11-10-22-6-3-2-4-7-22/h2-9,12-20,29,33,35H,21H2,1H3,(H2,34,39)(H,36,38)/t29-,33+/m1/s1. The average molecular weight is 577 g/mol. The minimum atomic E-state index is -0.651. The van der Waals surface area contributed by atoms with Gasteiger partial charge in [-0.25, -0.2) is 0 Å². The Bertz CT molecular complexity index is 1650. The third kappa shape index (κ3) is 6.74. The molecule has 3 amide bonds.